The van der Waals surface area contributed by atoms with E-state index in [1.165, 1.54) is 4.88 Å². The molecule has 31 heavy (non-hydrogen) atoms. The number of pyridine rings is 1. The van der Waals surface area contributed by atoms with E-state index < -0.39 is 0 Å². The molecule has 1 aliphatic heterocycles. The van der Waals surface area contributed by atoms with Gasteiger partial charge in [-0.1, -0.05) is 38.1 Å². The van der Waals surface area contributed by atoms with E-state index in [2.05, 4.69) is 36.3 Å². The molecule has 160 valence electrons. The first-order valence-electron chi connectivity index (χ1n) is 10.7. The van der Waals surface area contributed by atoms with Crippen molar-refractivity contribution < 1.29 is 9.59 Å². The summed E-state index contributed by atoms with van der Waals surface area (Å²) >= 11 is 1.62. The molecule has 4 rings (SSSR count). The van der Waals surface area contributed by atoms with Crippen LogP contribution in [0.25, 0.3) is 11.1 Å². The van der Waals surface area contributed by atoms with Crippen LogP contribution in [0.5, 0.6) is 0 Å². The van der Waals surface area contributed by atoms with Crippen molar-refractivity contribution in [1.29, 1.82) is 0 Å². The summed E-state index contributed by atoms with van der Waals surface area (Å²) in [4.78, 5) is 33.1. The van der Waals surface area contributed by atoms with Crippen LogP contribution in [0, 0.1) is 5.92 Å². The number of hydrogen-bond donors (Lipinski definition) is 1. The molecule has 0 saturated carbocycles. The number of benzene rings is 1. The van der Waals surface area contributed by atoms with Crippen LogP contribution in [0.2, 0.25) is 0 Å². The summed E-state index contributed by atoms with van der Waals surface area (Å²) in [5.41, 5.74) is 3.99. The smallest absolute Gasteiger partial charge is 0.254 e. The fourth-order valence-electron chi connectivity index (χ4n) is 3.97. The summed E-state index contributed by atoms with van der Waals surface area (Å²) in [6.07, 6.45) is 4.13. The molecule has 1 aliphatic rings. The van der Waals surface area contributed by atoms with Crippen molar-refractivity contribution >= 4 is 23.2 Å². The van der Waals surface area contributed by atoms with Gasteiger partial charge in [0, 0.05) is 42.3 Å². The lowest BCUT2D eigenvalue weighted by Gasteiger charge is -2.23. The van der Waals surface area contributed by atoms with Gasteiger partial charge >= 0.3 is 0 Å². The average molecular weight is 434 g/mol. The Bertz CT molecular complexity index is 1060. The topological polar surface area (TPSA) is 62.3 Å². The molecule has 0 aliphatic carbocycles. The van der Waals surface area contributed by atoms with Crippen LogP contribution >= 0.6 is 11.3 Å². The molecule has 1 atom stereocenters. The number of nitrogens with one attached hydrogen (secondary N) is 1. The Morgan fingerprint density at radius 1 is 1.23 bits per heavy atom. The maximum absolute atomic E-state index is 13.2. The van der Waals surface area contributed by atoms with Gasteiger partial charge in [0.05, 0.1) is 11.5 Å². The van der Waals surface area contributed by atoms with Gasteiger partial charge in [0.25, 0.3) is 5.91 Å². The van der Waals surface area contributed by atoms with Crippen LogP contribution in [0.3, 0.4) is 0 Å². The molecule has 1 unspecified atom stereocenters. The third-order valence-corrected chi connectivity index (χ3v) is 6.92. The quantitative estimate of drug-likeness (QED) is 0.650. The zero-order valence-electron chi connectivity index (χ0n) is 17.9. The van der Waals surface area contributed by atoms with Crippen LogP contribution in [-0.2, 0) is 11.2 Å². The molecule has 3 aromatic rings. The maximum atomic E-state index is 13.2. The number of thiophene rings is 1. The summed E-state index contributed by atoms with van der Waals surface area (Å²) in [6, 6.07) is 14.1. The number of amides is 2. The SMILES string of the molecule is CC(C)c1cc(C(=O)N2CCNC(=O)C(Cc3ccccc3-c3ccncc3)C2)cs1. The highest BCUT2D eigenvalue weighted by Crippen LogP contribution is 2.27. The first-order chi connectivity index (χ1) is 15.0. The van der Waals surface area contributed by atoms with E-state index >= 15 is 0 Å². The number of nitrogens with zero attached hydrogens (tertiary/aromatic N) is 2. The van der Waals surface area contributed by atoms with E-state index in [0.717, 1.165) is 22.3 Å². The van der Waals surface area contributed by atoms with Crippen molar-refractivity contribution in [1.82, 2.24) is 15.2 Å². The Morgan fingerprint density at radius 2 is 2.00 bits per heavy atom. The molecule has 3 heterocycles. The Hall–Kier alpha value is -2.99. The molecular weight excluding hydrogens is 406 g/mol. The zero-order chi connectivity index (χ0) is 21.8. The molecule has 5 nitrogen and oxygen atoms in total. The number of hydrogen-bond acceptors (Lipinski definition) is 4. The van der Waals surface area contributed by atoms with Crippen LogP contribution < -0.4 is 5.32 Å². The second-order valence-electron chi connectivity index (χ2n) is 8.23. The lowest BCUT2D eigenvalue weighted by Crippen LogP contribution is -2.37. The Balaban J connectivity index is 1.56. The van der Waals surface area contributed by atoms with E-state index in [-0.39, 0.29) is 17.7 Å². The molecule has 0 spiro atoms. The van der Waals surface area contributed by atoms with Crippen LogP contribution in [0.4, 0.5) is 0 Å². The summed E-state index contributed by atoms with van der Waals surface area (Å²) in [5, 5.41) is 4.93. The molecule has 1 aromatic carbocycles. The van der Waals surface area contributed by atoms with E-state index in [4.69, 9.17) is 0 Å². The van der Waals surface area contributed by atoms with Crippen molar-refractivity contribution in [2.24, 2.45) is 5.92 Å². The Kier molecular flexibility index (Phi) is 6.47. The van der Waals surface area contributed by atoms with Gasteiger partial charge in [-0.05, 0) is 47.2 Å². The van der Waals surface area contributed by atoms with E-state index in [1.807, 2.05) is 40.6 Å². The summed E-state index contributed by atoms with van der Waals surface area (Å²) in [7, 11) is 0. The van der Waals surface area contributed by atoms with Gasteiger partial charge in [-0.2, -0.15) is 0 Å². The monoisotopic (exact) mass is 433 g/mol. The largest absolute Gasteiger partial charge is 0.354 e. The van der Waals surface area contributed by atoms with Crippen LogP contribution in [0.1, 0.15) is 40.6 Å². The number of carbonyl (C=O) groups excluding carboxylic acids is 2. The minimum Gasteiger partial charge on any atom is -0.354 e. The van der Waals surface area contributed by atoms with Gasteiger partial charge in [0.1, 0.15) is 0 Å². The lowest BCUT2D eigenvalue weighted by atomic mass is 9.91. The number of rotatable bonds is 5. The predicted octanol–water partition coefficient (Wildman–Crippen LogP) is 4.36. The molecule has 1 N–H and O–H groups in total. The second kappa shape index (κ2) is 9.43. The minimum absolute atomic E-state index is 0.00655. The van der Waals surface area contributed by atoms with Crippen molar-refractivity contribution in [3.63, 3.8) is 0 Å². The van der Waals surface area contributed by atoms with Crippen molar-refractivity contribution in [2.45, 2.75) is 26.2 Å². The highest BCUT2D eigenvalue weighted by atomic mass is 32.1. The Labute approximate surface area is 187 Å². The van der Waals surface area contributed by atoms with Crippen molar-refractivity contribution in [3.05, 3.63) is 76.2 Å². The van der Waals surface area contributed by atoms with Gasteiger partial charge in [0.2, 0.25) is 5.91 Å². The summed E-state index contributed by atoms with van der Waals surface area (Å²) in [6.45, 7) is 5.69. The summed E-state index contributed by atoms with van der Waals surface area (Å²) in [5.74, 6) is 0.120. The second-order valence-corrected chi connectivity index (χ2v) is 9.17. The maximum Gasteiger partial charge on any atom is 0.254 e. The van der Waals surface area contributed by atoms with E-state index in [9.17, 15) is 9.59 Å². The first-order valence-corrected chi connectivity index (χ1v) is 11.5. The van der Waals surface area contributed by atoms with Gasteiger partial charge < -0.3 is 10.2 Å². The zero-order valence-corrected chi connectivity index (χ0v) is 18.7. The molecule has 2 amide bonds. The minimum atomic E-state index is -0.294. The fourth-order valence-corrected chi connectivity index (χ4v) is 4.87. The van der Waals surface area contributed by atoms with E-state index in [0.29, 0.717) is 32.0 Å². The van der Waals surface area contributed by atoms with Crippen LogP contribution in [0.15, 0.2) is 60.2 Å². The van der Waals surface area contributed by atoms with Gasteiger partial charge in [-0.15, -0.1) is 11.3 Å². The van der Waals surface area contributed by atoms with Crippen molar-refractivity contribution in [2.75, 3.05) is 19.6 Å². The average Bonchev–Trinajstić information content (AvgIpc) is 3.21. The lowest BCUT2D eigenvalue weighted by molar-refractivity contribution is -0.124. The summed E-state index contributed by atoms with van der Waals surface area (Å²) < 4.78 is 0. The van der Waals surface area contributed by atoms with Gasteiger partial charge in [-0.25, -0.2) is 0 Å². The third kappa shape index (κ3) is 4.85. The highest BCUT2D eigenvalue weighted by Gasteiger charge is 2.29. The first kappa shape index (κ1) is 21.2. The highest BCUT2D eigenvalue weighted by molar-refractivity contribution is 7.10. The molecule has 0 bridgehead atoms. The molecule has 1 fully saturated rings. The van der Waals surface area contributed by atoms with Crippen molar-refractivity contribution in [3.8, 4) is 11.1 Å². The van der Waals surface area contributed by atoms with Crippen LogP contribution in [-0.4, -0.2) is 41.3 Å². The van der Waals surface area contributed by atoms with E-state index in [1.54, 1.807) is 23.7 Å². The number of carbonyl (C=O) groups is 2. The standard InChI is InChI=1S/C25H27N3O2S/c1-17(2)23-14-21(16-31-23)25(30)28-12-11-27-24(29)20(15-28)13-19-5-3-4-6-22(19)18-7-9-26-10-8-18/h3-10,14,16-17,20H,11-13,15H2,1-2H3,(H,27,29). The van der Waals surface area contributed by atoms with Gasteiger partial charge in [-0.3, -0.25) is 14.6 Å². The molecular formula is C25H27N3O2S. The van der Waals surface area contributed by atoms with Gasteiger partial charge in [0.15, 0.2) is 0 Å². The number of aromatic nitrogens is 1. The molecule has 6 heteroatoms. The normalized spacial score (nSPS) is 16.8. The fraction of sp³-hybridized carbons (Fsp3) is 0.320. The molecule has 2 aromatic heterocycles. The molecule has 0 radical (unpaired) electrons. The third-order valence-electron chi connectivity index (χ3n) is 5.69. The molecule has 1 saturated heterocycles. The predicted molar refractivity (Wildman–Crippen MR) is 124 cm³/mol. The Morgan fingerprint density at radius 3 is 2.74 bits per heavy atom.